The third-order valence-electron chi connectivity index (χ3n) is 4.13. The first-order valence-corrected chi connectivity index (χ1v) is 7.71. The lowest BCUT2D eigenvalue weighted by Crippen LogP contribution is -2.27. The van der Waals surface area contributed by atoms with Crippen LogP contribution in [0.3, 0.4) is 0 Å². The number of nitrogens with one attached hydrogen (secondary N) is 1. The summed E-state index contributed by atoms with van der Waals surface area (Å²) in [5.74, 6) is -0.0806. The lowest BCUT2D eigenvalue weighted by Gasteiger charge is -2.17. The van der Waals surface area contributed by atoms with Gasteiger partial charge >= 0.3 is 0 Å². The van der Waals surface area contributed by atoms with Crippen molar-refractivity contribution >= 4 is 22.4 Å². The van der Waals surface area contributed by atoms with E-state index in [1.54, 1.807) is 12.1 Å². The van der Waals surface area contributed by atoms with Crippen molar-refractivity contribution in [3.8, 4) is 0 Å². The molecule has 0 aliphatic carbocycles. The van der Waals surface area contributed by atoms with Crippen LogP contribution in [0.4, 0.5) is 5.69 Å². The van der Waals surface area contributed by atoms with E-state index in [1.807, 2.05) is 38.1 Å². The molecule has 0 fully saturated rings. The lowest BCUT2D eigenvalue weighted by atomic mass is 9.99. The summed E-state index contributed by atoms with van der Waals surface area (Å²) in [6, 6.07) is 19.6. The van der Waals surface area contributed by atoms with Crippen LogP contribution in [0.5, 0.6) is 0 Å². The second-order valence-corrected chi connectivity index (χ2v) is 5.84. The molecular formula is C20H20N2O. The molecule has 0 saturated heterocycles. The number of nitrogen functional groups attached to an aromatic ring is 1. The van der Waals surface area contributed by atoms with Crippen LogP contribution < -0.4 is 11.1 Å². The third kappa shape index (κ3) is 3.04. The Kier molecular flexibility index (Phi) is 4.02. The van der Waals surface area contributed by atoms with Crippen molar-refractivity contribution in [2.24, 2.45) is 0 Å². The van der Waals surface area contributed by atoms with Gasteiger partial charge in [0, 0.05) is 11.3 Å². The molecule has 3 nitrogen and oxygen atoms in total. The molecular weight excluding hydrogens is 284 g/mol. The van der Waals surface area contributed by atoms with Crippen molar-refractivity contribution in [3.63, 3.8) is 0 Å². The van der Waals surface area contributed by atoms with Gasteiger partial charge in [0.1, 0.15) is 0 Å². The molecule has 1 atom stereocenters. The summed E-state index contributed by atoms with van der Waals surface area (Å²) >= 11 is 0. The number of nitrogens with two attached hydrogens (primary N) is 1. The molecule has 116 valence electrons. The summed E-state index contributed by atoms with van der Waals surface area (Å²) < 4.78 is 0. The number of amides is 1. The number of fused-ring (bicyclic) bond motifs is 1. The molecule has 0 aliphatic heterocycles. The molecule has 3 aromatic carbocycles. The van der Waals surface area contributed by atoms with Crippen molar-refractivity contribution in [1.82, 2.24) is 5.32 Å². The Morgan fingerprint density at radius 1 is 1.04 bits per heavy atom. The largest absolute Gasteiger partial charge is 0.399 e. The number of aryl methyl sites for hydroxylation is 1. The average molecular weight is 304 g/mol. The van der Waals surface area contributed by atoms with Crippen LogP contribution in [0.25, 0.3) is 10.8 Å². The minimum Gasteiger partial charge on any atom is -0.399 e. The lowest BCUT2D eigenvalue weighted by molar-refractivity contribution is 0.0939. The molecule has 3 rings (SSSR count). The second-order valence-electron chi connectivity index (χ2n) is 5.84. The van der Waals surface area contributed by atoms with E-state index < -0.39 is 0 Å². The van der Waals surface area contributed by atoms with Crippen LogP contribution in [0.15, 0.2) is 60.7 Å². The van der Waals surface area contributed by atoms with Gasteiger partial charge in [-0.25, -0.2) is 0 Å². The van der Waals surface area contributed by atoms with Crippen molar-refractivity contribution in [1.29, 1.82) is 0 Å². The number of carbonyl (C=O) groups is 1. The molecule has 0 bridgehead atoms. The van der Waals surface area contributed by atoms with E-state index in [4.69, 9.17) is 5.73 Å². The molecule has 3 N–H and O–H groups in total. The zero-order chi connectivity index (χ0) is 16.4. The molecule has 0 saturated carbocycles. The van der Waals surface area contributed by atoms with Gasteiger partial charge in [0.15, 0.2) is 0 Å². The monoisotopic (exact) mass is 304 g/mol. The van der Waals surface area contributed by atoms with E-state index in [2.05, 4.69) is 29.6 Å². The fourth-order valence-electron chi connectivity index (χ4n) is 2.92. The number of benzene rings is 3. The van der Waals surface area contributed by atoms with E-state index in [9.17, 15) is 4.79 Å². The molecule has 0 aliphatic rings. The highest BCUT2D eigenvalue weighted by Crippen LogP contribution is 2.24. The first-order valence-electron chi connectivity index (χ1n) is 7.71. The maximum absolute atomic E-state index is 12.5. The molecule has 0 aromatic heterocycles. The SMILES string of the molecule is Cc1cc(N)ccc1C(=O)N[C@H](C)c1cccc2ccccc12. The Hall–Kier alpha value is -2.81. The van der Waals surface area contributed by atoms with Gasteiger partial charge in [-0.2, -0.15) is 0 Å². The first kappa shape index (κ1) is 15.1. The standard InChI is InChI=1S/C20H20N2O/c1-13-12-16(21)10-11-17(13)20(23)22-14(2)18-9-5-7-15-6-3-4-8-19(15)18/h3-12,14H,21H2,1-2H3,(H,22,23)/t14-/m1/s1. The highest BCUT2D eigenvalue weighted by molar-refractivity contribution is 5.96. The van der Waals surface area contributed by atoms with Crippen molar-refractivity contribution in [2.45, 2.75) is 19.9 Å². The van der Waals surface area contributed by atoms with Gasteiger partial charge in [-0.05, 0) is 53.9 Å². The maximum Gasteiger partial charge on any atom is 0.252 e. The van der Waals surface area contributed by atoms with E-state index in [0.29, 0.717) is 11.3 Å². The number of carbonyl (C=O) groups excluding carboxylic acids is 1. The van der Waals surface area contributed by atoms with Gasteiger partial charge in [0.25, 0.3) is 5.91 Å². The maximum atomic E-state index is 12.5. The Balaban J connectivity index is 1.88. The number of hydrogen-bond donors (Lipinski definition) is 2. The van der Waals surface area contributed by atoms with Gasteiger partial charge in [0.2, 0.25) is 0 Å². The fraction of sp³-hybridized carbons (Fsp3) is 0.150. The van der Waals surface area contributed by atoms with E-state index >= 15 is 0 Å². The van der Waals surface area contributed by atoms with Crippen molar-refractivity contribution in [2.75, 3.05) is 5.73 Å². The summed E-state index contributed by atoms with van der Waals surface area (Å²) in [7, 11) is 0. The second kappa shape index (κ2) is 6.13. The normalized spacial score (nSPS) is 12.1. The quantitative estimate of drug-likeness (QED) is 0.712. The van der Waals surface area contributed by atoms with E-state index in [1.165, 1.54) is 5.39 Å². The minimum absolute atomic E-state index is 0.0782. The summed E-state index contributed by atoms with van der Waals surface area (Å²) in [5.41, 5.74) is 9.07. The first-order chi connectivity index (χ1) is 11.1. The summed E-state index contributed by atoms with van der Waals surface area (Å²) in [4.78, 5) is 12.5. The molecule has 3 heteroatoms. The van der Waals surface area contributed by atoms with Crippen LogP contribution in [-0.4, -0.2) is 5.91 Å². The zero-order valence-electron chi connectivity index (χ0n) is 13.3. The average Bonchev–Trinajstić information content (AvgIpc) is 2.54. The van der Waals surface area contributed by atoms with Gasteiger partial charge < -0.3 is 11.1 Å². The topological polar surface area (TPSA) is 55.1 Å². The van der Waals surface area contributed by atoms with Crippen molar-refractivity contribution in [3.05, 3.63) is 77.4 Å². The Morgan fingerprint density at radius 2 is 1.78 bits per heavy atom. The number of rotatable bonds is 3. The van der Waals surface area contributed by atoms with Crippen LogP contribution in [0.2, 0.25) is 0 Å². The predicted molar refractivity (Wildman–Crippen MR) is 95.4 cm³/mol. The minimum atomic E-state index is -0.0806. The van der Waals surface area contributed by atoms with Gasteiger partial charge in [-0.3, -0.25) is 4.79 Å². The highest BCUT2D eigenvalue weighted by Gasteiger charge is 2.15. The third-order valence-corrected chi connectivity index (χ3v) is 4.13. The van der Waals surface area contributed by atoms with Crippen LogP contribution in [0.1, 0.15) is 34.5 Å². The highest BCUT2D eigenvalue weighted by atomic mass is 16.1. The van der Waals surface area contributed by atoms with Crippen LogP contribution in [-0.2, 0) is 0 Å². The number of hydrogen-bond acceptors (Lipinski definition) is 2. The smallest absolute Gasteiger partial charge is 0.252 e. The van der Waals surface area contributed by atoms with E-state index in [0.717, 1.165) is 16.5 Å². The summed E-state index contributed by atoms with van der Waals surface area (Å²) in [5, 5.41) is 5.42. The van der Waals surface area contributed by atoms with Crippen molar-refractivity contribution < 1.29 is 4.79 Å². The molecule has 1 amide bonds. The number of anilines is 1. The van der Waals surface area contributed by atoms with Gasteiger partial charge in [-0.15, -0.1) is 0 Å². The van der Waals surface area contributed by atoms with E-state index in [-0.39, 0.29) is 11.9 Å². The zero-order valence-corrected chi connectivity index (χ0v) is 13.3. The molecule has 0 radical (unpaired) electrons. The molecule has 0 heterocycles. The molecule has 3 aromatic rings. The Bertz CT molecular complexity index is 865. The predicted octanol–water partition coefficient (Wildman–Crippen LogP) is 4.22. The molecule has 0 spiro atoms. The van der Waals surface area contributed by atoms with Gasteiger partial charge in [0.05, 0.1) is 6.04 Å². The Morgan fingerprint density at radius 3 is 2.57 bits per heavy atom. The van der Waals surface area contributed by atoms with Gasteiger partial charge in [-0.1, -0.05) is 42.5 Å². The molecule has 23 heavy (non-hydrogen) atoms. The summed E-state index contributed by atoms with van der Waals surface area (Å²) in [6.07, 6.45) is 0. The fourth-order valence-corrected chi connectivity index (χ4v) is 2.92. The summed E-state index contributed by atoms with van der Waals surface area (Å²) in [6.45, 7) is 3.90. The van der Waals surface area contributed by atoms with Crippen LogP contribution in [0, 0.1) is 6.92 Å². The Labute approximate surface area is 136 Å². The molecule has 0 unspecified atom stereocenters. The van der Waals surface area contributed by atoms with Crippen LogP contribution >= 0.6 is 0 Å².